The van der Waals surface area contributed by atoms with Crippen molar-refractivity contribution >= 4 is 43.9 Å². The molecule has 0 spiro atoms. The van der Waals surface area contributed by atoms with E-state index in [-0.39, 0.29) is 5.91 Å². The first-order chi connectivity index (χ1) is 9.63. The Balaban J connectivity index is 1.80. The zero-order valence-corrected chi connectivity index (χ0v) is 12.6. The first-order valence-corrected chi connectivity index (χ1v) is 7.81. The van der Waals surface area contributed by atoms with Crippen LogP contribution in [-0.4, -0.2) is 21.1 Å². The van der Waals surface area contributed by atoms with Crippen LogP contribution in [0.15, 0.2) is 23.7 Å². The van der Waals surface area contributed by atoms with E-state index in [0.717, 1.165) is 15.2 Å². The van der Waals surface area contributed by atoms with Crippen molar-refractivity contribution in [2.75, 3.05) is 5.32 Å². The van der Waals surface area contributed by atoms with E-state index in [4.69, 9.17) is 0 Å². The molecule has 0 aliphatic carbocycles. The van der Waals surface area contributed by atoms with Crippen molar-refractivity contribution in [3.8, 4) is 0 Å². The summed E-state index contributed by atoms with van der Waals surface area (Å²) >= 11 is 2.92. The first kappa shape index (κ1) is 13.1. The molecular weight excluding hydrogens is 292 g/mol. The molecule has 0 saturated carbocycles. The standard InChI is InChI=1S/C13H12N4OS2/c1-7(2)12-16-17-13(20-12)15-11(18)8-3-4-9-10(5-8)19-6-14-9/h3-7H,1-2H3,(H,15,17,18). The minimum atomic E-state index is -0.174. The Morgan fingerprint density at radius 3 is 2.90 bits per heavy atom. The molecule has 0 aliphatic heterocycles. The Morgan fingerprint density at radius 2 is 2.15 bits per heavy atom. The topological polar surface area (TPSA) is 67.8 Å². The molecule has 0 unspecified atom stereocenters. The van der Waals surface area contributed by atoms with E-state index in [1.807, 2.05) is 26.0 Å². The predicted molar refractivity (Wildman–Crippen MR) is 81.6 cm³/mol. The van der Waals surface area contributed by atoms with E-state index >= 15 is 0 Å². The van der Waals surface area contributed by atoms with Crippen LogP contribution in [0.3, 0.4) is 0 Å². The van der Waals surface area contributed by atoms with Crippen molar-refractivity contribution in [2.45, 2.75) is 19.8 Å². The van der Waals surface area contributed by atoms with E-state index in [9.17, 15) is 4.79 Å². The number of anilines is 1. The maximum absolute atomic E-state index is 12.2. The van der Waals surface area contributed by atoms with Crippen LogP contribution in [0.1, 0.15) is 35.1 Å². The van der Waals surface area contributed by atoms with Gasteiger partial charge in [-0.1, -0.05) is 25.2 Å². The Kier molecular flexibility index (Phi) is 3.45. The lowest BCUT2D eigenvalue weighted by atomic mass is 10.2. The molecule has 1 aromatic carbocycles. The van der Waals surface area contributed by atoms with Crippen molar-refractivity contribution in [3.05, 3.63) is 34.3 Å². The second-order valence-electron chi connectivity index (χ2n) is 4.59. The molecule has 3 rings (SSSR count). The van der Waals surface area contributed by atoms with Crippen molar-refractivity contribution in [1.82, 2.24) is 15.2 Å². The summed E-state index contributed by atoms with van der Waals surface area (Å²) in [5.41, 5.74) is 3.28. The van der Waals surface area contributed by atoms with Crippen molar-refractivity contribution in [1.29, 1.82) is 0 Å². The number of benzene rings is 1. The average molecular weight is 304 g/mol. The normalized spacial score (nSPS) is 11.2. The van der Waals surface area contributed by atoms with Gasteiger partial charge in [-0.3, -0.25) is 10.1 Å². The minimum Gasteiger partial charge on any atom is -0.296 e. The van der Waals surface area contributed by atoms with Crippen LogP contribution >= 0.6 is 22.7 Å². The van der Waals surface area contributed by atoms with E-state index < -0.39 is 0 Å². The number of nitrogens with one attached hydrogen (secondary N) is 1. The first-order valence-electron chi connectivity index (χ1n) is 6.11. The molecule has 0 bridgehead atoms. The average Bonchev–Trinajstić information content (AvgIpc) is 3.05. The van der Waals surface area contributed by atoms with E-state index in [1.54, 1.807) is 11.6 Å². The molecule has 0 aliphatic rings. The van der Waals surface area contributed by atoms with Gasteiger partial charge < -0.3 is 0 Å². The molecule has 0 fully saturated rings. The fourth-order valence-corrected chi connectivity index (χ4v) is 3.14. The highest BCUT2D eigenvalue weighted by atomic mass is 32.1. The second kappa shape index (κ2) is 5.26. The largest absolute Gasteiger partial charge is 0.296 e. The summed E-state index contributed by atoms with van der Waals surface area (Å²) in [7, 11) is 0. The number of rotatable bonds is 3. The molecule has 3 aromatic rings. The highest BCUT2D eigenvalue weighted by molar-refractivity contribution is 7.16. The third kappa shape index (κ3) is 2.54. The highest BCUT2D eigenvalue weighted by Gasteiger charge is 2.12. The SMILES string of the molecule is CC(C)c1nnc(NC(=O)c2ccc3ncsc3c2)s1. The summed E-state index contributed by atoms with van der Waals surface area (Å²) in [5.74, 6) is 0.137. The van der Waals surface area contributed by atoms with E-state index in [1.165, 1.54) is 22.7 Å². The van der Waals surface area contributed by atoms with Crippen LogP contribution in [0.2, 0.25) is 0 Å². The smallest absolute Gasteiger partial charge is 0.257 e. The van der Waals surface area contributed by atoms with Crippen LogP contribution in [0, 0.1) is 0 Å². The Bertz CT molecular complexity index is 762. The van der Waals surface area contributed by atoms with Crippen LogP contribution in [0.25, 0.3) is 10.2 Å². The minimum absolute atomic E-state index is 0.174. The van der Waals surface area contributed by atoms with Gasteiger partial charge >= 0.3 is 0 Å². The number of fused-ring (bicyclic) bond motifs is 1. The van der Waals surface area contributed by atoms with Gasteiger partial charge in [0.15, 0.2) is 0 Å². The third-order valence-corrected chi connectivity index (χ3v) is 4.68. The Hall–Kier alpha value is -1.86. The summed E-state index contributed by atoms with van der Waals surface area (Å²) in [6.07, 6.45) is 0. The van der Waals surface area contributed by atoms with Gasteiger partial charge in [-0.2, -0.15) is 0 Å². The van der Waals surface area contributed by atoms with Gasteiger partial charge in [0.05, 0.1) is 15.7 Å². The predicted octanol–water partition coefficient (Wildman–Crippen LogP) is 3.52. The quantitative estimate of drug-likeness (QED) is 0.804. The highest BCUT2D eigenvalue weighted by Crippen LogP contribution is 2.24. The summed E-state index contributed by atoms with van der Waals surface area (Å²) in [6, 6.07) is 5.45. The maximum Gasteiger partial charge on any atom is 0.257 e. The van der Waals surface area contributed by atoms with Crippen LogP contribution in [-0.2, 0) is 0 Å². The molecule has 1 N–H and O–H groups in total. The number of nitrogens with zero attached hydrogens (tertiary/aromatic N) is 3. The van der Waals surface area contributed by atoms with Crippen molar-refractivity contribution in [3.63, 3.8) is 0 Å². The maximum atomic E-state index is 12.2. The van der Waals surface area contributed by atoms with Crippen molar-refractivity contribution in [2.24, 2.45) is 0 Å². The number of carbonyl (C=O) groups excluding carboxylic acids is 1. The molecule has 0 saturated heterocycles. The lowest BCUT2D eigenvalue weighted by Gasteiger charge is -2.01. The molecule has 5 nitrogen and oxygen atoms in total. The number of hydrogen-bond acceptors (Lipinski definition) is 6. The van der Waals surface area contributed by atoms with Gasteiger partial charge in [-0.15, -0.1) is 21.5 Å². The van der Waals surface area contributed by atoms with Gasteiger partial charge in [0.25, 0.3) is 5.91 Å². The summed E-state index contributed by atoms with van der Waals surface area (Å²) in [6.45, 7) is 4.09. The molecular formula is C13H12N4OS2. The van der Waals surface area contributed by atoms with Crippen LogP contribution < -0.4 is 5.32 Å². The Morgan fingerprint density at radius 1 is 1.30 bits per heavy atom. The molecule has 20 heavy (non-hydrogen) atoms. The van der Waals surface area contributed by atoms with Gasteiger partial charge in [-0.25, -0.2) is 4.98 Å². The molecule has 102 valence electrons. The third-order valence-electron chi connectivity index (χ3n) is 2.75. The monoisotopic (exact) mass is 304 g/mol. The van der Waals surface area contributed by atoms with Crippen LogP contribution in [0.5, 0.6) is 0 Å². The van der Waals surface area contributed by atoms with Gasteiger partial charge in [-0.05, 0) is 18.2 Å². The fraction of sp³-hybridized carbons (Fsp3) is 0.231. The van der Waals surface area contributed by atoms with E-state index in [0.29, 0.717) is 16.6 Å². The number of hydrogen-bond donors (Lipinski definition) is 1. The lowest BCUT2D eigenvalue weighted by molar-refractivity contribution is 0.102. The molecule has 2 heterocycles. The summed E-state index contributed by atoms with van der Waals surface area (Å²) < 4.78 is 0.998. The summed E-state index contributed by atoms with van der Waals surface area (Å²) in [4.78, 5) is 16.4. The van der Waals surface area contributed by atoms with Gasteiger partial charge in [0.1, 0.15) is 5.01 Å². The number of amides is 1. The number of aromatic nitrogens is 3. The van der Waals surface area contributed by atoms with Crippen molar-refractivity contribution < 1.29 is 4.79 Å². The lowest BCUT2D eigenvalue weighted by Crippen LogP contribution is -2.11. The van der Waals surface area contributed by atoms with Crippen LogP contribution in [0.4, 0.5) is 5.13 Å². The summed E-state index contributed by atoms with van der Waals surface area (Å²) in [5, 5.41) is 12.3. The zero-order valence-electron chi connectivity index (χ0n) is 11.0. The zero-order chi connectivity index (χ0) is 14.1. The van der Waals surface area contributed by atoms with Gasteiger partial charge in [0.2, 0.25) is 5.13 Å². The number of thiazole rings is 1. The second-order valence-corrected chi connectivity index (χ2v) is 6.48. The van der Waals surface area contributed by atoms with E-state index in [2.05, 4.69) is 20.5 Å². The Labute approximate surface area is 123 Å². The molecule has 0 radical (unpaired) electrons. The molecule has 7 heteroatoms. The number of carbonyl (C=O) groups is 1. The van der Waals surface area contributed by atoms with Gasteiger partial charge in [0, 0.05) is 11.5 Å². The molecule has 0 atom stereocenters. The fourth-order valence-electron chi connectivity index (χ4n) is 1.68. The molecule has 1 amide bonds. The molecule has 2 aromatic heterocycles.